The van der Waals surface area contributed by atoms with Crippen molar-refractivity contribution in [3.05, 3.63) is 89.7 Å². The molecular formula is C24H23N3O. The van der Waals surface area contributed by atoms with Crippen LogP contribution in [-0.4, -0.2) is 41.0 Å². The molecule has 3 aliphatic heterocycles. The lowest BCUT2D eigenvalue weighted by molar-refractivity contribution is 0.0367. The molecule has 4 heteroatoms. The van der Waals surface area contributed by atoms with Crippen molar-refractivity contribution in [3.8, 4) is 11.1 Å². The second-order valence-electron chi connectivity index (χ2n) is 7.84. The van der Waals surface area contributed by atoms with E-state index < -0.39 is 0 Å². The molecule has 1 N–H and O–H groups in total. The maximum Gasteiger partial charge on any atom is 0.254 e. The molecule has 6 rings (SSSR count). The summed E-state index contributed by atoms with van der Waals surface area (Å²) in [5.41, 5.74) is 5.86. The molecule has 2 bridgehead atoms. The van der Waals surface area contributed by atoms with Crippen LogP contribution >= 0.6 is 0 Å². The van der Waals surface area contributed by atoms with Crippen molar-refractivity contribution in [1.29, 1.82) is 0 Å². The van der Waals surface area contributed by atoms with E-state index in [1.807, 2.05) is 4.90 Å². The first-order valence-electron chi connectivity index (χ1n) is 9.81. The minimum atomic E-state index is 0.104. The zero-order chi connectivity index (χ0) is 19.1. The molecule has 0 aliphatic carbocycles. The summed E-state index contributed by atoms with van der Waals surface area (Å²) in [6.07, 6.45) is 3.35. The standard InChI is InChI=1S/C24H23N3O/c1-16-3-2-4-20(13-16)17-5-7-18(8-6-17)23-21-14-27(15-22(23)26-21)24(28)19-9-11-25-12-10-19/h2-13,21-23,26H,14-15H2,1H3/t21-,22+,23?. The number of fused-ring (bicyclic) bond motifs is 2. The van der Waals surface area contributed by atoms with Crippen LogP contribution in [0.3, 0.4) is 0 Å². The average Bonchev–Trinajstić information content (AvgIpc) is 2.74. The number of aryl methyl sites for hydroxylation is 1. The molecule has 0 saturated carbocycles. The molecule has 3 aromatic rings. The molecule has 4 nitrogen and oxygen atoms in total. The van der Waals surface area contributed by atoms with E-state index in [-0.39, 0.29) is 5.91 Å². The van der Waals surface area contributed by atoms with Crippen molar-refractivity contribution in [3.63, 3.8) is 0 Å². The van der Waals surface area contributed by atoms with E-state index in [1.54, 1.807) is 24.5 Å². The van der Waals surface area contributed by atoms with Crippen molar-refractivity contribution in [2.45, 2.75) is 24.9 Å². The summed E-state index contributed by atoms with van der Waals surface area (Å²) in [5, 5.41) is 3.61. The topological polar surface area (TPSA) is 45.2 Å². The molecule has 0 radical (unpaired) electrons. The number of hydrogen-bond donors (Lipinski definition) is 1. The molecule has 1 aromatic heterocycles. The second-order valence-corrected chi connectivity index (χ2v) is 7.84. The molecule has 1 amide bonds. The summed E-state index contributed by atoms with van der Waals surface area (Å²) in [6.45, 7) is 3.63. The number of hydrogen-bond acceptors (Lipinski definition) is 3. The molecule has 2 aromatic carbocycles. The Morgan fingerprint density at radius 1 is 0.964 bits per heavy atom. The maximum absolute atomic E-state index is 12.7. The number of carbonyl (C=O) groups is 1. The van der Waals surface area contributed by atoms with Gasteiger partial charge in [-0.2, -0.15) is 0 Å². The van der Waals surface area contributed by atoms with Crippen LogP contribution in [0.4, 0.5) is 0 Å². The maximum atomic E-state index is 12.7. The Labute approximate surface area is 165 Å². The van der Waals surface area contributed by atoms with Crippen molar-refractivity contribution >= 4 is 5.91 Å². The minimum Gasteiger partial charge on any atom is -0.335 e. The van der Waals surface area contributed by atoms with E-state index >= 15 is 0 Å². The van der Waals surface area contributed by atoms with Crippen LogP contribution in [0.15, 0.2) is 73.1 Å². The van der Waals surface area contributed by atoms with Crippen LogP contribution in [0.1, 0.15) is 27.4 Å². The van der Waals surface area contributed by atoms with Crippen LogP contribution < -0.4 is 5.32 Å². The van der Waals surface area contributed by atoms with Crippen molar-refractivity contribution < 1.29 is 4.79 Å². The van der Waals surface area contributed by atoms with Gasteiger partial charge in [0.1, 0.15) is 0 Å². The third-order valence-corrected chi connectivity index (χ3v) is 5.99. The van der Waals surface area contributed by atoms with Gasteiger partial charge in [0.2, 0.25) is 0 Å². The lowest BCUT2D eigenvalue weighted by Gasteiger charge is -2.54. The number of aromatic nitrogens is 1. The Hall–Kier alpha value is -2.98. The number of pyridine rings is 1. The first-order valence-corrected chi connectivity index (χ1v) is 9.81. The van der Waals surface area contributed by atoms with E-state index in [0.29, 0.717) is 18.0 Å². The van der Waals surface area contributed by atoms with Crippen molar-refractivity contribution in [2.75, 3.05) is 13.1 Å². The number of piperazine rings is 1. The average molecular weight is 369 g/mol. The fourth-order valence-electron chi connectivity index (χ4n) is 4.56. The van der Waals surface area contributed by atoms with Crippen LogP contribution in [0.25, 0.3) is 11.1 Å². The van der Waals surface area contributed by atoms with E-state index in [9.17, 15) is 4.79 Å². The molecule has 1 unspecified atom stereocenters. The lowest BCUT2D eigenvalue weighted by atomic mass is 9.74. The van der Waals surface area contributed by atoms with E-state index in [1.165, 1.54) is 22.3 Å². The van der Waals surface area contributed by atoms with E-state index in [4.69, 9.17) is 0 Å². The highest BCUT2D eigenvalue weighted by Gasteiger charge is 2.48. The van der Waals surface area contributed by atoms with Crippen LogP contribution in [-0.2, 0) is 0 Å². The van der Waals surface area contributed by atoms with Gasteiger partial charge in [0.25, 0.3) is 5.91 Å². The third kappa shape index (κ3) is 3.00. The predicted octanol–water partition coefficient (Wildman–Crippen LogP) is 3.64. The Morgan fingerprint density at radius 3 is 2.36 bits per heavy atom. The van der Waals surface area contributed by atoms with Gasteiger partial charge in [0, 0.05) is 49.0 Å². The number of rotatable bonds is 3. The number of carbonyl (C=O) groups excluding carboxylic acids is 1. The van der Waals surface area contributed by atoms with E-state index in [0.717, 1.165) is 18.7 Å². The van der Waals surface area contributed by atoms with Crippen LogP contribution in [0.2, 0.25) is 0 Å². The summed E-state index contributed by atoms with van der Waals surface area (Å²) in [4.78, 5) is 18.7. The van der Waals surface area contributed by atoms with Gasteiger partial charge in [-0.15, -0.1) is 0 Å². The highest BCUT2D eigenvalue weighted by Crippen LogP contribution is 2.38. The van der Waals surface area contributed by atoms with Gasteiger partial charge in [-0.3, -0.25) is 9.78 Å². The quantitative estimate of drug-likeness (QED) is 0.767. The fraction of sp³-hybridized carbons (Fsp3) is 0.250. The van der Waals surface area contributed by atoms with Crippen LogP contribution in [0, 0.1) is 6.92 Å². The van der Waals surface area contributed by atoms with E-state index in [2.05, 4.69) is 65.8 Å². The monoisotopic (exact) mass is 369 g/mol. The molecule has 28 heavy (non-hydrogen) atoms. The highest BCUT2D eigenvalue weighted by molar-refractivity contribution is 5.94. The molecule has 140 valence electrons. The van der Waals surface area contributed by atoms with Gasteiger partial charge < -0.3 is 10.2 Å². The summed E-state index contributed by atoms with van der Waals surface area (Å²) in [7, 11) is 0. The molecule has 0 spiro atoms. The molecular weight excluding hydrogens is 346 g/mol. The SMILES string of the molecule is Cc1cccc(-c2ccc(C3[C@@H]4CN(C(=O)c5ccncc5)C[C@H]3N4)cc2)c1. The van der Waals surface area contributed by atoms with Gasteiger partial charge in [-0.05, 0) is 35.7 Å². The highest BCUT2D eigenvalue weighted by atomic mass is 16.2. The number of nitrogens with zero attached hydrogens (tertiary/aromatic N) is 2. The number of piperidine rings is 1. The molecule has 4 heterocycles. The minimum absolute atomic E-state index is 0.104. The van der Waals surface area contributed by atoms with Crippen LogP contribution in [0.5, 0.6) is 0 Å². The predicted molar refractivity (Wildman–Crippen MR) is 110 cm³/mol. The van der Waals surface area contributed by atoms with Gasteiger partial charge in [-0.1, -0.05) is 54.1 Å². The Kier molecular flexibility index (Phi) is 4.21. The van der Waals surface area contributed by atoms with Gasteiger partial charge in [-0.25, -0.2) is 0 Å². The zero-order valence-corrected chi connectivity index (χ0v) is 15.9. The number of nitrogens with one attached hydrogen (secondary N) is 1. The second kappa shape index (κ2) is 6.88. The van der Waals surface area contributed by atoms with Crippen molar-refractivity contribution in [1.82, 2.24) is 15.2 Å². The molecule has 3 fully saturated rings. The molecule has 3 saturated heterocycles. The smallest absolute Gasteiger partial charge is 0.254 e. The largest absolute Gasteiger partial charge is 0.335 e. The zero-order valence-electron chi connectivity index (χ0n) is 15.9. The first kappa shape index (κ1) is 17.1. The van der Waals surface area contributed by atoms with Gasteiger partial charge in [0.05, 0.1) is 0 Å². The summed E-state index contributed by atoms with van der Waals surface area (Å²) in [6, 6.07) is 21.8. The summed E-state index contributed by atoms with van der Waals surface area (Å²) in [5.74, 6) is 0.584. The summed E-state index contributed by atoms with van der Waals surface area (Å²) < 4.78 is 0. The Balaban J connectivity index is 1.30. The molecule has 3 atom stereocenters. The summed E-state index contributed by atoms with van der Waals surface area (Å²) >= 11 is 0. The number of benzene rings is 2. The Bertz CT molecular complexity index is 988. The lowest BCUT2D eigenvalue weighted by Crippen LogP contribution is -2.72. The number of amides is 1. The normalized spacial score (nSPS) is 23.2. The van der Waals surface area contributed by atoms with Crippen molar-refractivity contribution in [2.24, 2.45) is 0 Å². The molecule has 3 aliphatic rings. The van der Waals surface area contributed by atoms with Gasteiger partial charge >= 0.3 is 0 Å². The van der Waals surface area contributed by atoms with Gasteiger partial charge in [0.15, 0.2) is 0 Å². The first-order chi connectivity index (χ1) is 13.7. The third-order valence-electron chi connectivity index (χ3n) is 5.99. The fourth-order valence-corrected chi connectivity index (χ4v) is 4.56. The Morgan fingerprint density at radius 2 is 1.68 bits per heavy atom.